The number of nitrogens with zero attached hydrogens (tertiary/aromatic N) is 2. The van der Waals surface area contributed by atoms with Crippen molar-refractivity contribution in [3.8, 4) is 0 Å². The third kappa shape index (κ3) is 2.12. The standard InChI is InChI=1S/C15H14N4/c1-9-2-5-12(18-8-9)14-6-10-3-4-11(15(16)17)7-13(10)19-14/h2-5,7-8H,6H2,1H3,(H3,16,17). The Labute approximate surface area is 111 Å². The second-order valence-corrected chi connectivity index (χ2v) is 4.71. The van der Waals surface area contributed by atoms with Crippen LogP contribution in [0.2, 0.25) is 0 Å². The van der Waals surface area contributed by atoms with Crippen LogP contribution in [0.25, 0.3) is 0 Å². The van der Waals surface area contributed by atoms with Crippen molar-refractivity contribution in [3.63, 3.8) is 0 Å². The van der Waals surface area contributed by atoms with Crippen molar-refractivity contribution in [1.29, 1.82) is 5.41 Å². The molecule has 0 saturated heterocycles. The number of nitrogen functional groups attached to an aromatic ring is 1. The molecule has 0 spiro atoms. The topological polar surface area (TPSA) is 75.1 Å². The zero-order valence-corrected chi connectivity index (χ0v) is 10.6. The van der Waals surface area contributed by atoms with Crippen LogP contribution < -0.4 is 5.73 Å². The van der Waals surface area contributed by atoms with Crippen LogP contribution in [0.1, 0.15) is 22.4 Å². The number of amidine groups is 1. The number of hydrogen-bond donors (Lipinski definition) is 2. The minimum Gasteiger partial charge on any atom is -0.384 e. The van der Waals surface area contributed by atoms with Crippen molar-refractivity contribution in [3.05, 3.63) is 58.9 Å². The van der Waals surface area contributed by atoms with Gasteiger partial charge in [-0.3, -0.25) is 15.4 Å². The average Bonchev–Trinajstić information content (AvgIpc) is 2.82. The number of aromatic nitrogens is 1. The van der Waals surface area contributed by atoms with Gasteiger partial charge in [-0.25, -0.2) is 0 Å². The fraction of sp³-hybridized carbons (Fsp3) is 0.133. The number of aliphatic imine (C=N–C) groups is 1. The molecule has 3 N–H and O–H groups in total. The van der Waals surface area contributed by atoms with E-state index in [1.807, 2.05) is 43.5 Å². The summed E-state index contributed by atoms with van der Waals surface area (Å²) in [6.45, 7) is 2.02. The molecule has 4 nitrogen and oxygen atoms in total. The number of fused-ring (bicyclic) bond motifs is 1. The van der Waals surface area contributed by atoms with Gasteiger partial charge < -0.3 is 5.73 Å². The number of nitrogens with two attached hydrogens (primary N) is 1. The van der Waals surface area contributed by atoms with Crippen molar-refractivity contribution < 1.29 is 0 Å². The van der Waals surface area contributed by atoms with Crippen LogP contribution in [0, 0.1) is 12.3 Å². The van der Waals surface area contributed by atoms with Crippen molar-refractivity contribution in [1.82, 2.24) is 4.98 Å². The van der Waals surface area contributed by atoms with Gasteiger partial charge in [0, 0.05) is 18.2 Å². The lowest BCUT2D eigenvalue weighted by atomic mass is 10.1. The maximum absolute atomic E-state index is 7.45. The first-order valence-electron chi connectivity index (χ1n) is 6.11. The van der Waals surface area contributed by atoms with Crippen molar-refractivity contribution in [2.75, 3.05) is 0 Å². The van der Waals surface area contributed by atoms with E-state index in [-0.39, 0.29) is 5.84 Å². The second-order valence-electron chi connectivity index (χ2n) is 4.71. The predicted octanol–water partition coefficient (Wildman–Crippen LogP) is 2.35. The van der Waals surface area contributed by atoms with E-state index in [4.69, 9.17) is 11.1 Å². The molecule has 4 heteroatoms. The smallest absolute Gasteiger partial charge is 0.122 e. The summed E-state index contributed by atoms with van der Waals surface area (Å²) >= 11 is 0. The molecular weight excluding hydrogens is 236 g/mol. The number of pyridine rings is 1. The Morgan fingerprint density at radius 1 is 1.26 bits per heavy atom. The van der Waals surface area contributed by atoms with E-state index >= 15 is 0 Å². The van der Waals surface area contributed by atoms with Crippen LogP contribution in [-0.2, 0) is 6.42 Å². The lowest BCUT2D eigenvalue weighted by Crippen LogP contribution is -2.10. The summed E-state index contributed by atoms with van der Waals surface area (Å²) < 4.78 is 0. The molecule has 0 aliphatic carbocycles. The SMILES string of the molecule is Cc1ccc(C2=Nc3cc(C(=N)N)ccc3C2)nc1. The molecule has 0 amide bonds. The Kier molecular flexibility index (Phi) is 2.63. The predicted molar refractivity (Wildman–Crippen MR) is 76.3 cm³/mol. The highest BCUT2D eigenvalue weighted by Crippen LogP contribution is 2.29. The molecule has 0 unspecified atom stereocenters. The molecule has 1 aromatic carbocycles. The van der Waals surface area contributed by atoms with Crippen LogP contribution in [0.3, 0.4) is 0 Å². The first-order valence-corrected chi connectivity index (χ1v) is 6.11. The van der Waals surface area contributed by atoms with Crippen LogP contribution in [0.4, 0.5) is 5.69 Å². The third-order valence-corrected chi connectivity index (χ3v) is 3.22. The van der Waals surface area contributed by atoms with Gasteiger partial charge in [0.05, 0.1) is 17.1 Å². The summed E-state index contributed by atoms with van der Waals surface area (Å²) in [5.74, 6) is 0.0694. The Hall–Kier alpha value is -2.49. The van der Waals surface area contributed by atoms with E-state index in [0.717, 1.165) is 34.6 Å². The van der Waals surface area contributed by atoms with Gasteiger partial charge in [-0.15, -0.1) is 0 Å². The molecule has 0 fully saturated rings. The second kappa shape index (κ2) is 4.31. The summed E-state index contributed by atoms with van der Waals surface area (Å²) in [7, 11) is 0. The largest absolute Gasteiger partial charge is 0.384 e. The van der Waals surface area contributed by atoms with E-state index in [1.165, 1.54) is 0 Å². The van der Waals surface area contributed by atoms with Gasteiger partial charge in [-0.05, 0) is 30.2 Å². The molecule has 1 aliphatic rings. The highest BCUT2D eigenvalue weighted by molar-refractivity contribution is 6.06. The van der Waals surface area contributed by atoms with Crippen LogP contribution in [-0.4, -0.2) is 16.5 Å². The van der Waals surface area contributed by atoms with E-state index in [2.05, 4.69) is 9.98 Å². The highest BCUT2D eigenvalue weighted by atomic mass is 14.8. The fourth-order valence-electron chi connectivity index (χ4n) is 2.14. The summed E-state index contributed by atoms with van der Waals surface area (Å²) in [5.41, 5.74) is 11.3. The lowest BCUT2D eigenvalue weighted by molar-refractivity contribution is 1.22. The first kappa shape index (κ1) is 11.6. The van der Waals surface area contributed by atoms with Crippen LogP contribution in [0.5, 0.6) is 0 Å². The minimum atomic E-state index is 0.0694. The zero-order chi connectivity index (χ0) is 13.4. The molecule has 0 saturated carbocycles. The monoisotopic (exact) mass is 250 g/mol. The molecule has 94 valence electrons. The summed E-state index contributed by atoms with van der Waals surface area (Å²) in [6, 6.07) is 9.73. The molecule has 1 aromatic heterocycles. The molecule has 0 bridgehead atoms. The molecule has 2 heterocycles. The molecule has 3 rings (SSSR count). The molecule has 1 aliphatic heterocycles. The normalized spacial score (nSPS) is 13.0. The summed E-state index contributed by atoms with van der Waals surface area (Å²) in [6.07, 6.45) is 2.63. The lowest BCUT2D eigenvalue weighted by Gasteiger charge is -2.00. The maximum atomic E-state index is 7.45. The number of nitrogens with one attached hydrogen (secondary N) is 1. The van der Waals surface area contributed by atoms with Gasteiger partial charge >= 0.3 is 0 Å². The van der Waals surface area contributed by atoms with Crippen molar-refractivity contribution >= 4 is 17.2 Å². The maximum Gasteiger partial charge on any atom is 0.122 e. The number of hydrogen-bond acceptors (Lipinski definition) is 3. The van der Waals surface area contributed by atoms with Gasteiger partial charge in [0.25, 0.3) is 0 Å². The van der Waals surface area contributed by atoms with Gasteiger partial charge in [0.1, 0.15) is 5.84 Å². The molecular formula is C15H14N4. The quantitative estimate of drug-likeness (QED) is 0.634. The van der Waals surface area contributed by atoms with Crippen LogP contribution >= 0.6 is 0 Å². The van der Waals surface area contributed by atoms with E-state index in [1.54, 1.807) is 0 Å². The minimum absolute atomic E-state index is 0.0694. The molecule has 0 radical (unpaired) electrons. The van der Waals surface area contributed by atoms with E-state index < -0.39 is 0 Å². The van der Waals surface area contributed by atoms with Gasteiger partial charge in [0.2, 0.25) is 0 Å². The third-order valence-electron chi connectivity index (χ3n) is 3.22. The highest BCUT2D eigenvalue weighted by Gasteiger charge is 2.17. The van der Waals surface area contributed by atoms with Gasteiger partial charge in [-0.1, -0.05) is 18.2 Å². The Morgan fingerprint density at radius 3 is 2.79 bits per heavy atom. The van der Waals surface area contributed by atoms with Crippen molar-refractivity contribution in [2.45, 2.75) is 13.3 Å². The Morgan fingerprint density at radius 2 is 2.11 bits per heavy atom. The zero-order valence-electron chi connectivity index (χ0n) is 10.6. The fourth-order valence-corrected chi connectivity index (χ4v) is 2.14. The molecule has 0 atom stereocenters. The van der Waals surface area contributed by atoms with Gasteiger partial charge in [-0.2, -0.15) is 0 Å². The number of rotatable bonds is 2. The number of benzene rings is 1. The average molecular weight is 250 g/mol. The van der Waals surface area contributed by atoms with Gasteiger partial charge in [0.15, 0.2) is 0 Å². The summed E-state index contributed by atoms with van der Waals surface area (Å²) in [5, 5.41) is 7.45. The molecule has 19 heavy (non-hydrogen) atoms. The Bertz CT molecular complexity index is 684. The first-order chi connectivity index (χ1) is 9.13. The van der Waals surface area contributed by atoms with Crippen molar-refractivity contribution in [2.24, 2.45) is 10.7 Å². The van der Waals surface area contributed by atoms with E-state index in [9.17, 15) is 0 Å². The van der Waals surface area contributed by atoms with Crippen LogP contribution in [0.15, 0.2) is 41.5 Å². The molecule has 2 aromatic rings. The Balaban J connectivity index is 1.97. The van der Waals surface area contributed by atoms with E-state index in [0.29, 0.717) is 5.56 Å². The number of aryl methyl sites for hydroxylation is 1. The summed E-state index contributed by atoms with van der Waals surface area (Å²) in [4.78, 5) is 9.00.